The maximum atomic E-state index is 12.8. The summed E-state index contributed by atoms with van der Waals surface area (Å²) in [6.07, 6.45) is 5.44. The molecule has 0 spiro atoms. The summed E-state index contributed by atoms with van der Waals surface area (Å²) in [7, 11) is 1.92. The molecular formula is C17H26N2O. The summed E-state index contributed by atoms with van der Waals surface area (Å²) in [5.74, 6) is 0.315. The van der Waals surface area contributed by atoms with E-state index < -0.39 is 0 Å². The van der Waals surface area contributed by atoms with Crippen molar-refractivity contribution in [1.82, 2.24) is 4.90 Å². The van der Waals surface area contributed by atoms with Crippen LogP contribution in [0.15, 0.2) is 24.3 Å². The van der Waals surface area contributed by atoms with Crippen LogP contribution in [0.2, 0.25) is 0 Å². The summed E-state index contributed by atoms with van der Waals surface area (Å²) in [4.78, 5) is 14.7. The Morgan fingerprint density at radius 2 is 1.95 bits per heavy atom. The second-order valence-corrected chi connectivity index (χ2v) is 6.03. The van der Waals surface area contributed by atoms with Gasteiger partial charge in [-0.1, -0.05) is 44.0 Å². The minimum Gasteiger partial charge on any atom is -0.341 e. The first kappa shape index (κ1) is 15.0. The van der Waals surface area contributed by atoms with Crippen LogP contribution in [-0.4, -0.2) is 17.9 Å². The molecule has 110 valence electrons. The van der Waals surface area contributed by atoms with Crippen molar-refractivity contribution >= 4 is 5.91 Å². The van der Waals surface area contributed by atoms with Crippen molar-refractivity contribution in [2.24, 2.45) is 11.1 Å². The lowest BCUT2D eigenvalue weighted by atomic mass is 9.82. The molecule has 0 radical (unpaired) electrons. The van der Waals surface area contributed by atoms with Crippen molar-refractivity contribution in [3.8, 4) is 0 Å². The molecule has 1 fully saturated rings. The van der Waals surface area contributed by atoms with E-state index in [1.807, 2.05) is 24.1 Å². The topological polar surface area (TPSA) is 46.3 Å². The SMILES string of the molecule is CCC1(C(=O)N(C)Cc2cccc(CN)c2)CCCC1. The molecule has 1 aliphatic rings. The molecule has 1 amide bonds. The summed E-state index contributed by atoms with van der Waals surface area (Å²) in [5, 5.41) is 0. The molecule has 0 heterocycles. The van der Waals surface area contributed by atoms with Gasteiger partial charge in [0.25, 0.3) is 0 Å². The summed E-state index contributed by atoms with van der Waals surface area (Å²) in [6.45, 7) is 3.37. The first-order valence-corrected chi connectivity index (χ1v) is 7.65. The van der Waals surface area contributed by atoms with E-state index in [0.29, 0.717) is 19.0 Å². The van der Waals surface area contributed by atoms with Gasteiger partial charge >= 0.3 is 0 Å². The van der Waals surface area contributed by atoms with Gasteiger partial charge in [-0.25, -0.2) is 0 Å². The molecule has 20 heavy (non-hydrogen) atoms. The summed E-state index contributed by atoms with van der Waals surface area (Å²) in [6, 6.07) is 8.20. The van der Waals surface area contributed by atoms with Crippen LogP contribution in [0.5, 0.6) is 0 Å². The molecule has 1 aromatic carbocycles. The highest BCUT2D eigenvalue weighted by atomic mass is 16.2. The standard InChI is InChI=1S/C17H26N2O/c1-3-17(9-4-5-10-17)16(20)19(2)13-15-8-6-7-14(11-15)12-18/h6-8,11H,3-5,9-10,12-13,18H2,1-2H3. The summed E-state index contributed by atoms with van der Waals surface area (Å²) in [5.41, 5.74) is 7.85. The minimum absolute atomic E-state index is 0.0970. The van der Waals surface area contributed by atoms with Gasteiger partial charge in [-0.3, -0.25) is 4.79 Å². The lowest BCUT2D eigenvalue weighted by Gasteiger charge is -2.31. The zero-order chi connectivity index (χ0) is 14.6. The molecule has 1 aliphatic carbocycles. The molecule has 3 nitrogen and oxygen atoms in total. The molecule has 0 atom stereocenters. The Morgan fingerprint density at radius 3 is 2.55 bits per heavy atom. The van der Waals surface area contributed by atoms with E-state index in [1.165, 1.54) is 12.8 Å². The van der Waals surface area contributed by atoms with Crippen molar-refractivity contribution in [3.63, 3.8) is 0 Å². The number of benzene rings is 1. The fraction of sp³-hybridized carbons (Fsp3) is 0.588. The Kier molecular flexibility index (Phi) is 4.81. The highest BCUT2D eigenvalue weighted by Crippen LogP contribution is 2.42. The van der Waals surface area contributed by atoms with Crippen LogP contribution >= 0.6 is 0 Å². The predicted molar refractivity (Wildman–Crippen MR) is 82.0 cm³/mol. The van der Waals surface area contributed by atoms with Crippen LogP contribution in [0.3, 0.4) is 0 Å². The molecule has 0 bridgehead atoms. The van der Waals surface area contributed by atoms with Crippen molar-refractivity contribution in [2.45, 2.75) is 52.1 Å². The minimum atomic E-state index is -0.0970. The van der Waals surface area contributed by atoms with Gasteiger partial charge in [-0.05, 0) is 30.4 Å². The van der Waals surface area contributed by atoms with Crippen LogP contribution in [0.1, 0.15) is 50.2 Å². The van der Waals surface area contributed by atoms with Gasteiger partial charge in [0.05, 0.1) is 0 Å². The first-order valence-electron chi connectivity index (χ1n) is 7.65. The van der Waals surface area contributed by atoms with E-state index in [9.17, 15) is 4.79 Å². The fourth-order valence-electron chi connectivity index (χ4n) is 3.38. The third-order valence-corrected chi connectivity index (χ3v) is 4.68. The number of amides is 1. The molecule has 1 aromatic rings. The number of carbonyl (C=O) groups excluding carboxylic acids is 1. The molecule has 3 heteroatoms. The maximum Gasteiger partial charge on any atom is 0.228 e. The zero-order valence-corrected chi connectivity index (χ0v) is 12.7. The Hall–Kier alpha value is -1.35. The molecule has 2 N–H and O–H groups in total. The van der Waals surface area contributed by atoms with Crippen LogP contribution in [0, 0.1) is 5.41 Å². The van der Waals surface area contributed by atoms with Crippen molar-refractivity contribution in [1.29, 1.82) is 0 Å². The van der Waals surface area contributed by atoms with Gasteiger partial charge in [-0.15, -0.1) is 0 Å². The highest BCUT2D eigenvalue weighted by Gasteiger charge is 2.40. The van der Waals surface area contributed by atoms with Crippen LogP contribution in [0.4, 0.5) is 0 Å². The third kappa shape index (κ3) is 3.04. The van der Waals surface area contributed by atoms with E-state index in [0.717, 1.165) is 30.4 Å². The van der Waals surface area contributed by atoms with Gasteiger partial charge in [0, 0.05) is 25.6 Å². The van der Waals surface area contributed by atoms with Gasteiger partial charge in [-0.2, -0.15) is 0 Å². The Morgan fingerprint density at radius 1 is 1.30 bits per heavy atom. The normalized spacial score (nSPS) is 17.1. The quantitative estimate of drug-likeness (QED) is 0.897. The van der Waals surface area contributed by atoms with E-state index in [-0.39, 0.29) is 5.41 Å². The van der Waals surface area contributed by atoms with E-state index >= 15 is 0 Å². The molecule has 0 aliphatic heterocycles. The highest BCUT2D eigenvalue weighted by molar-refractivity contribution is 5.82. The second kappa shape index (κ2) is 6.40. The van der Waals surface area contributed by atoms with Crippen molar-refractivity contribution in [3.05, 3.63) is 35.4 Å². The molecule has 0 saturated heterocycles. The average molecular weight is 274 g/mol. The third-order valence-electron chi connectivity index (χ3n) is 4.68. The lowest BCUT2D eigenvalue weighted by Crippen LogP contribution is -2.39. The first-order chi connectivity index (χ1) is 9.61. The monoisotopic (exact) mass is 274 g/mol. The fourth-order valence-corrected chi connectivity index (χ4v) is 3.38. The number of hydrogen-bond acceptors (Lipinski definition) is 2. The molecule has 0 unspecified atom stereocenters. The molecule has 2 rings (SSSR count). The van der Waals surface area contributed by atoms with E-state index in [2.05, 4.69) is 19.1 Å². The summed E-state index contributed by atoms with van der Waals surface area (Å²) < 4.78 is 0. The van der Waals surface area contributed by atoms with Gasteiger partial charge in [0.15, 0.2) is 0 Å². The van der Waals surface area contributed by atoms with Crippen LogP contribution in [0.25, 0.3) is 0 Å². The molecular weight excluding hydrogens is 248 g/mol. The Bertz CT molecular complexity index is 464. The Balaban J connectivity index is 2.07. The maximum absolute atomic E-state index is 12.8. The van der Waals surface area contributed by atoms with Gasteiger partial charge < -0.3 is 10.6 Å². The van der Waals surface area contributed by atoms with E-state index in [1.54, 1.807) is 0 Å². The average Bonchev–Trinajstić information content (AvgIpc) is 2.96. The van der Waals surface area contributed by atoms with Crippen molar-refractivity contribution < 1.29 is 4.79 Å². The smallest absolute Gasteiger partial charge is 0.228 e. The lowest BCUT2D eigenvalue weighted by molar-refractivity contribution is -0.141. The summed E-state index contributed by atoms with van der Waals surface area (Å²) >= 11 is 0. The largest absolute Gasteiger partial charge is 0.341 e. The number of hydrogen-bond donors (Lipinski definition) is 1. The number of nitrogens with two attached hydrogens (primary N) is 1. The molecule has 1 saturated carbocycles. The predicted octanol–water partition coefficient (Wildman–Crippen LogP) is 3.07. The number of carbonyl (C=O) groups is 1. The molecule has 0 aromatic heterocycles. The van der Waals surface area contributed by atoms with Gasteiger partial charge in [0.2, 0.25) is 5.91 Å². The number of nitrogens with zero attached hydrogens (tertiary/aromatic N) is 1. The van der Waals surface area contributed by atoms with Crippen molar-refractivity contribution in [2.75, 3.05) is 7.05 Å². The van der Waals surface area contributed by atoms with Gasteiger partial charge in [0.1, 0.15) is 0 Å². The Labute approximate surface area is 122 Å². The van der Waals surface area contributed by atoms with E-state index in [4.69, 9.17) is 5.73 Å². The van der Waals surface area contributed by atoms with Crippen LogP contribution in [-0.2, 0) is 17.9 Å². The zero-order valence-electron chi connectivity index (χ0n) is 12.7. The second-order valence-electron chi connectivity index (χ2n) is 6.03. The van der Waals surface area contributed by atoms with Crippen LogP contribution < -0.4 is 5.73 Å². The number of rotatable bonds is 5.